The number of hydrazine groups is 1. The molecule has 6 nitrogen and oxygen atoms in total. The third-order valence-corrected chi connectivity index (χ3v) is 5.45. The van der Waals surface area contributed by atoms with E-state index >= 15 is 0 Å². The number of nitrogen functional groups attached to an aromatic ring is 1. The number of hydrogen-bond acceptors (Lipinski definition) is 5. The average molecular weight is 284 g/mol. The van der Waals surface area contributed by atoms with Gasteiger partial charge in [0.05, 0.1) is 5.69 Å². The van der Waals surface area contributed by atoms with Crippen molar-refractivity contribution in [2.75, 3.05) is 18.5 Å². The van der Waals surface area contributed by atoms with Crippen LogP contribution in [0.25, 0.3) is 0 Å². The molecule has 0 amide bonds. The molecule has 3 N–H and O–H groups in total. The Kier molecular flexibility index (Phi) is 3.80. The van der Waals surface area contributed by atoms with Crippen LogP contribution in [-0.2, 0) is 10.0 Å². The predicted molar refractivity (Wildman–Crippen MR) is 73.8 cm³/mol. The molecule has 0 radical (unpaired) electrons. The molecule has 1 aliphatic rings. The van der Waals surface area contributed by atoms with Gasteiger partial charge < -0.3 is 5.43 Å². The predicted octanol–water partition coefficient (Wildman–Crippen LogP) is 1.18. The minimum absolute atomic E-state index is 0.00259. The van der Waals surface area contributed by atoms with Crippen LogP contribution >= 0.6 is 0 Å². The van der Waals surface area contributed by atoms with Crippen LogP contribution in [0.3, 0.4) is 0 Å². The summed E-state index contributed by atoms with van der Waals surface area (Å²) in [6, 6.07) is 3.25. The van der Waals surface area contributed by atoms with E-state index in [0.717, 1.165) is 12.8 Å². The second-order valence-electron chi connectivity index (χ2n) is 5.57. The van der Waals surface area contributed by atoms with Gasteiger partial charge in [0.15, 0.2) is 5.03 Å². The van der Waals surface area contributed by atoms with Crippen molar-refractivity contribution in [1.82, 2.24) is 9.29 Å². The van der Waals surface area contributed by atoms with Gasteiger partial charge >= 0.3 is 0 Å². The van der Waals surface area contributed by atoms with Gasteiger partial charge in [0.1, 0.15) is 0 Å². The van der Waals surface area contributed by atoms with Crippen LogP contribution < -0.4 is 11.3 Å². The Morgan fingerprint density at radius 2 is 2.00 bits per heavy atom. The fourth-order valence-electron chi connectivity index (χ4n) is 2.16. The molecule has 0 spiro atoms. The molecule has 0 bridgehead atoms. The molecule has 1 fully saturated rings. The standard InChI is InChI=1S/C12H20N4O2S/c1-12(2)5-8-16(9-6-12)19(17,18)11-10(15-13)4-3-7-14-11/h3-4,7,15H,5-6,8-9,13H2,1-2H3. The van der Waals surface area contributed by atoms with Crippen LogP contribution in [-0.4, -0.2) is 30.8 Å². The highest BCUT2D eigenvalue weighted by molar-refractivity contribution is 7.89. The molecule has 0 aliphatic carbocycles. The van der Waals surface area contributed by atoms with Crippen LogP contribution in [0.5, 0.6) is 0 Å². The van der Waals surface area contributed by atoms with Gasteiger partial charge in [-0.05, 0) is 30.4 Å². The molecule has 1 aromatic heterocycles. The van der Waals surface area contributed by atoms with Gasteiger partial charge in [0.25, 0.3) is 10.0 Å². The van der Waals surface area contributed by atoms with Gasteiger partial charge in [0.2, 0.25) is 0 Å². The Labute approximate surface area is 114 Å². The zero-order valence-electron chi connectivity index (χ0n) is 11.3. The van der Waals surface area contributed by atoms with E-state index < -0.39 is 10.0 Å². The van der Waals surface area contributed by atoms with E-state index in [-0.39, 0.29) is 10.4 Å². The highest BCUT2D eigenvalue weighted by atomic mass is 32.2. The van der Waals surface area contributed by atoms with Crippen molar-refractivity contribution in [3.8, 4) is 0 Å². The fourth-order valence-corrected chi connectivity index (χ4v) is 3.67. The summed E-state index contributed by atoms with van der Waals surface area (Å²) in [7, 11) is -3.58. The zero-order chi connectivity index (χ0) is 14.1. The molecule has 106 valence electrons. The van der Waals surface area contributed by atoms with E-state index in [2.05, 4.69) is 24.3 Å². The molecule has 1 aliphatic heterocycles. The normalized spacial score (nSPS) is 20.2. The highest BCUT2D eigenvalue weighted by Crippen LogP contribution is 2.33. The smallest absolute Gasteiger partial charge is 0.262 e. The van der Waals surface area contributed by atoms with Crippen molar-refractivity contribution in [2.24, 2.45) is 11.3 Å². The number of nitrogens with zero attached hydrogens (tertiary/aromatic N) is 2. The van der Waals surface area contributed by atoms with E-state index in [1.54, 1.807) is 12.1 Å². The van der Waals surface area contributed by atoms with E-state index in [4.69, 9.17) is 5.84 Å². The molecular weight excluding hydrogens is 264 g/mol. The summed E-state index contributed by atoms with van der Waals surface area (Å²) >= 11 is 0. The Morgan fingerprint density at radius 1 is 1.37 bits per heavy atom. The minimum atomic E-state index is -3.58. The number of pyridine rings is 1. The second kappa shape index (κ2) is 5.07. The highest BCUT2D eigenvalue weighted by Gasteiger charge is 2.34. The zero-order valence-corrected chi connectivity index (χ0v) is 12.1. The molecule has 1 aromatic rings. The third kappa shape index (κ3) is 2.88. The van der Waals surface area contributed by atoms with Crippen molar-refractivity contribution in [1.29, 1.82) is 0 Å². The third-order valence-electron chi connectivity index (χ3n) is 3.59. The van der Waals surface area contributed by atoms with Gasteiger partial charge in [-0.1, -0.05) is 13.8 Å². The topological polar surface area (TPSA) is 88.3 Å². The van der Waals surface area contributed by atoms with Crippen molar-refractivity contribution in [2.45, 2.75) is 31.7 Å². The lowest BCUT2D eigenvalue weighted by molar-refractivity contribution is 0.195. The van der Waals surface area contributed by atoms with Gasteiger partial charge in [-0.2, -0.15) is 4.31 Å². The van der Waals surface area contributed by atoms with Gasteiger partial charge in [-0.3, -0.25) is 5.84 Å². The summed E-state index contributed by atoms with van der Waals surface area (Å²) in [6.45, 7) is 5.36. The number of nitrogens with one attached hydrogen (secondary N) is 1. The number of nitrogens with two attached hydrogens (primary N) is 1. The molecule has 19 heavy (non-hydrogen) atoms. The first kappa shape index (κ1) is 14.2. The summed E-state index contributed by atoms with van der Waals surface area (Å²) in [5.41, 5.74) is 2.91. The largest absolute Gasteiger partial charge is 0.321 e. The van der Waals surface area contributed by atoms with E-state index in [0.29, 0.717) is 18.8 Å². The molecule has 2 rings (SSSR count). The number of sulfonamides is 1. The van der Waals surface area contributed by atoms with Crippen LogP contribution in [0.15, 0.2) is 23.4 Å². The number of anilines is 1. The summed E-state index contributed by atoms with van der Waals surface area (Å²) in [6.07, 6.45) is 3.16. The number of hydrogen-bond donors (Lipinski definition) is 2. The van der Waals surface area contributed by atoms with Crippen LogP contribution in [0.4, 0.5) is 5.69 Å². The van der Waals surface area contributed by atoms with Crippen LogP contribution in [0.2, 0.25) is 0 Å². The fraction of sp³-hybridized carbons (Fsp3) is 0.583. The van der Waals surface area contributed by atoms with Crippen molar-refractivity contribution < 1.29 is 8.42 Å². The quantitative estimate of drug-likeness (QED) is 0.642. The van der Waals surface area contributed by atoms with Crippen LogP contribution in [0, 0.1) is 5.41 Å². The van der Waals surface area contributed by atoms with Crippen molar-refractivity contribution >= 4 is 15.7 Å². The first-order chi connectivity index (χ1) is 8.87. The molecular formula is C12H20N4O2S. The summed E-state index contributed by atoms with van der Waals surface area (Å²) in [5, 5.41) is -0.00259. The first-order valence-electron chi connectivity index (χ1n) is 6.29. The second-order valence-corrected chi connectivity index (χ2v) is 7.42. The van der Waals surface area contributed by atoms with Crippen LogP contribution in [0.1, 0.15) is 26.7 Å². The van der Waals surface area contributed by atoms with Gasteiger partial charge in [-0.15, -0.1) is 0 Å². The lowest BCUT2D eigenvalue weighted by atomic mass is 9.83. The molecule has 7 heteroatoms. The minimum Gasteiger partial charge on any atom is -0.321 e. The summed E-state index contributed by atoms with van der Waals surface area (Å²) in [5.74, 6) is 5.35. The number of rotatable bonds is 3. The molecule has 2 heterocycles. The Bertz CT molecular complexity index is 547. The average Bonchev–Trinajstić information content (AvgIpc) is 2.38. The van der Waals surface area contributed by atoms with Gasteiger partial charge in [-0.25, -0.2) is 13.4 Å². The summed E-state index contributed by atoms with van der Waals surface area (Å²) < 4.78 is 26.6. The molecule has 0 unspecified atom stereocenters. The monoisotopic (exact) mass is 284 g/mol. The molecule has 0 atom stereocenters. The maximum atomic E-state index is 12.5. The van der Waals surface area contributed by atoms with Crippen molar-refractivity contribution in [3.05, 3.63) is 18.3 Å². The van der Waals surface area contributed by atoms with E-state index in [1.807, 2.05) is 0 Å². The molecule has 0 aromatic carbocycles. The van der Waals surface area contributed by atoms with Gasteiger partial charge in [0, 0.05) is 19.3 Å². The van der Waals surface area contributed by atoms with E-state index in [9.17, 15) is 8.42 Å². The Morgan fingerprint density at radius 3 is 2.58 bits per heavy atom. The molecule has 0 saturated carbocycles. The number of aromatic nitrogens is 1. The van der Waals surface area contributed by atoms with E-state index in [1.165, 1.54) is 10.5 Å². The molecule has 1 saturated heterocycles. The maximum absolute atomic E-state index is 12.5. The Hall–Kier alpha value is -1.18. The number of piperidine rings is 1. The SMILES string of the molecule is CC1(C)CCN(S(=O)(=O)c2ncccc2NN)CC1. The first-order valence-corrected chi connectivity index (χ1v) is 7.73. The lowest BCUT2D eigenvalue weighted by Crippen LogP contribution is -2.41. The van der Waals surface area contributed by atoms with Crippen molar-refractivity contribution in [3.63, 3.8) is 0 Å². The maximum Gasteiger partial charge on any atom is 0.262 e. The lowest BCUT2D eigenvalue weighted by Gasteiger charge is -2.36. The Balaban J connectivity index is 2.28. The summed E-state index contributed by atoms with van der Waals surface area (Å²) in [4.78, 5) is 3.96.